The van der Waals surface area contributed by atoms with E-state index in [4.69, 9.17) is 14.2 Å². The van der Waals surface area contributed by atoms with E-state index in [0.717, 1.165) is 0 Å². The Bertz CT molecular complexity index is 583. The van der Waals surface area contributed by atoms with Crippen molar-refractivity contribution in [2.75, 3.05) is 6.61 Å². The number of ether oxygens (including phenoxy) is 3. The van der Waals surface area contributed by atoms with Gasteiger partial charge in [-0.3, -0.25) is 4.79 Å². The van der Waals surface area contributed by atoms with Crippen LogP contribution in [0.5, 0.6) is 0 Å². The molecular weight excluding hydrogens is 304 g/mol. The number of rotatable bonds is 5. The molecule has 1 aromatic carbocycles. The highest BCUT2D eigenvalue weighted by atomic mass is 16.7. The van der Waals surface area contributed by atoms with E-state index < -0.39 is 5.79 Å². The highest BCUT2D eigenvalue weighted by molar-refractivity contribution is 5.70. The fourth-order valence-corrected chi connectivity index (χ4v) is 3.09. The topological polar surface area (TPSA) is 44.8 Å². The van der Waals surface area contributed by atoms with E-state index in [1.807, 2.05) is 20.8 Å². The van der Waals surface area contributed by atoms with Gasteiger partial charge in [-0.1, -0.05) is 30.4 Å². The Morgan fingerprint density at radius 3 is 2.58 bits per heavy atom. The maximum absolute atomic E-state index is 11.7. The third-order valence-electron chi connectivity index (χ3n) is 4.10. The minimum absolute atomic E-state index is 0.0906. The molecule has 0 bridgehead atoms. The average Bonchev–Trinajstić information content (AvgIpc) is 2.45. The number of hydrogen-bond acceptors (Lipinski definition) is 4. The minimum atomic E-state index is -0.717. The maximum atomic E-state index is 11.7. The van der Waals surface area contributed by atoms with Gasteiger partial charge < -0.3 is 14.2 Å². The van der Waals surface area contributed by atoms with E-state index in [-0.39, 0.29) is 24.6 Å². The molecule has 2 rings (SSSR count). The van der Waals surface area contributed by atoms with Crippen LogP contribution in [0, 0.1) is 13.8 Å². The summed E-state index contributed by atoms with van der Waals surface area (Å²) in [5, 5.41) is 0. The molecular formula is C20H28O4. The monoisotopic (exact) mass is 332 g/mol. The Labute approximate surface area is 144 Å². The zero-order valence-electron chi connectivity index (χ0n) is 15.3. The third-order valence-corrected chi connectivity index (χ3v) is 4.10. The van der Waals surface area contributed by atoms with Crippen molar-refractivity contribution in [3.05, 3.63) is 41.0 Å². The molecule has 0 radical (unpaired) electrons. The van der Waals surface area contributed by atoms with E-state index in [1.165, 1.54) is 16.7 Å². The molecule has 1 fully saturated rings. The lowest BCUT2D eigenvalue weighted by molar-refractivity contribution is -0.290. The highest BCUT2D eigenvalue weighted by Gasteiger charge is 2.35. The zero-order chi connectivity index (χ0) is 17.7. The summed E-state index contributed by atoms with van der Waals surface area (Å²) in [7, 11) is 0. The molecule has 0 unspecified atom stereocenters. The molecule has 4 heteroatoms. The van der Waals surface area contributed by atoms with Crippen molar-refractivity contribution in [3.63, 3.8) is 0 Å². The van der Waals surface area contributed by atoms with Crippen molar-refractivity contribution in [2.24, 2.45) is 0 Å². The standard InChI is InChI=1S/C20H28O4/c1-6-22-19(21)13-17-12-16(23-20(4,5)24-17)10-11-18-14(2)8-7-9-15(18)3/h7-11,16-17H,6,12-13H2,1-5H3/b11-10+/t16-,17-/m1/s1. The number of aryl methyl sites for hydroxylation is 2. The predicted octanol–water partition coefficient (Wildman–Crippen LogP) is 4.18. The van der Waals surface area contributed by atoms with E-state index in [1.54, 1.807) is 0 Å². The SMILES string of the molecule is CCOC(=O)C[C@H]1C[C@@H](/C=C/c2c(C)cccc2C)OC(C)(C)O1. The molecule has 24 heavy (non-hydrogen) atoms. The smallest absolute Gasteiger partial charge is 0.308 e. The quantitative estimate of drug-likeness (QED) is 0.759. The van der Waals surface area contributed by atoms with E-state index >= 15 is 0 Å². The van der Waals surface area contributed by atoms with Crippen molar-refractivity contribution in [1.82, 2.24) is 0 Å². The molecule has 4 nitrogen and oxygen atoms in total. The number of carbonyl (C=O) groups excluding carboxylic acids is 1. The Morgan fingerprint density at radius 2 is 1.96 bits per heavy atom. The van der Waals surface area contributed by atoms with E-state index in [2.05, 4.69) is 44.2 Å². The first-order valence-corrected chi connectivity index (χ1v) is 8.56. The number of hydrogen-bond donors (Lipinski definition) is 0. The van der Waals surface area contributed by atoms with Crippen molar-refractivity contribution >= 4 is 12.0 Å². The summed E-state index contributed by atoms with van der Waals surface area (Å²) in [6.07, 6.45) is 4.79. The molecule has 1 aromatic rings. The second-order valence-corrected chi connectivity index (χ2v) is 6.71. The minimum Gasteiger partial charge on any atom is -0.466 e. The van der Waals surface area contributed by atoms with Gasteiger partial charge in [0.2, 0.25) is 0 Å². The van der Waals surface area contributed by atoms with Gasteiger partial charge in [0.05, 0.1) is 25.2 Å². The molecule has 0 N–H and O–H groups in total. The Hall–Kier alpha value is -1.65. The first kappa shape index (κ1) is 18.7. The Kier molecular flexibility index (Phi) is 6.19. The highest BCUT2D eigenvalue weighted by Crippen LogP contribution is 2.30. The second-order valence-electron chi connectivity index (χ2n) is 6.71. The number of benzene rings is 1. The molecule has 1 aliphatic rings. The van der Waals surface area contributed by atoms with Crippen LogP contribution < -0.4 is 0 Å². The first-order chi connectivity index (χ1) is 11.3. The molecule has 1 saturated heterocycles. The number of carbonyl (C=O) groups is 1. The fraction of sp³-hybridized carbons (Fsp3) is 0.550. The van der Waals surface area contributed by atoms with Crippen molar-refractivity contribution in [2.45, 2.75) is 65.5 Å². The van der Waals surface area contributed by atoms with Gasteiger partial charge in [0.25, 0.3) is 0 Å². The van der Waals surface area contributed by atoms with Crippen molar-refractivity contribution in [1.29, 1.82) is 0 Å². The van der Waals surface area contributed by atoms with Gasteiger partial charge in [-0.2, -0.15) is 0 Å². The van der Waals surface area contributed by atoms with Gasteiger partial charge in [0.1, 0.15) is 0 Å². The number of esters is 1. The Balaban J connectivity index is 2.09. The second kappa shape index (κ2) is 7.95. The summed E-state index contributed by atoms with van der Waals surface area (Å²) >= 11 is 0. The average molecular weight is 332 g/mol. The summed E-state index contributed by atoms with van der Waals surface area (Å²) in [6, 6.07) is 6.27. The predicted molar refractivity (Wildman–Crippen MR) is 94.6 cm³/mol. The lowest BCUT2D eigenvalue weighted by Crippen LogP contribution is -2.44. The van der Waals surface area contributed by atoms with Crippen LogP contribution >= 0.6 is 0 Å². The van der Waals surface area contributed by atoms with Crippen LogP contribution in [0.1, 0.15) is 50.3 Å². The van der Waals surface area contributed by atoms with E-state index in [9.17, 15) is 4.79 Å². The third kappa shape index (κ3) is 5.18. The van der Waals surface area contributed by atoms with Crippen LogP contribution in [-0.4, -0.2) is 30.6 Å². The lowest BCUT2D eigenvalue weighted by Gasteiger charge is -2.39. The van der Waals surface area contributed by atoms with Gasteiger partial charge in [-0.15, -0.1) is 0 Å². The first-order valence-electron chi connectivity index (χ1n) is 8.56. The molecule has 0 aromatic heterocycles. The molecule has 0 spiro atoms. The van der Waals surface area contributed by atoms with Gasteiger partial charge in [-0.25, -0.2) is 0 Å². The molecule has 1 aliphatic heterocycles. The van der Waals surface area contributed by atoms with Crippen LogP contribution in [0.25, 0.3) is 6.08 Å². The maximum Gasteiger partial charge on any atom is 0.308 e. The van der Waals surface area contributed by atoms with Crippen LogP contribution in [0.2, 0.25) is 0 Å². The molecule has 2 atom stereocenters. The van der Waals surface area contributed by atoms with Gasteiger partial charge >= 0.3 is 5.97 Å². The van der Waals surface area contributed by atoms with Gasteiger partial charge in [0.15, 0.2) is 5.79 Å². The molecule has 1 heterocycles. The summed E-state index contributed by atoms with van der Waals surface area (Å²) in [6.45, 7) is 10.2. The fourth-order valence-electron chi connectivity index (χ4n) is 3.09. The molecule has 0 aliphatic carbocycles. The molecule has 0 amide bonds. The largest absolute Gasteiger partial charge is 0.466 e. The zero-order valence-corrected chi connectivity index (χ0v) is 15.3. The summed E-state index contributed by atoms with van der Waals surface area (Å²) in [4.78, 5) is 11.7. The van der Waals surface area contributed by atoms with Gasteiger partial charge in [0, 0.05) is 6.42 Å². The van der Waals surface area contributed by atoms with Crippen LogP contribution in [0.4, 0.5) is 0 Å². The summed E-state index contributed by atoms with van der Waals surface area (Å²) < 4.78 is 16.9. The van der Waals surface area contributed by atoms with Crippen LogP contribution in [0.3, 0.4) is 0 Å². The normalized spacial score (nSPS) is 23.4. The van der Waals surface area contributed by atoms with Crippen molar-refractivity contribution < 1.29 is 19.0 Å². The van der Waals surface area contributed by atoms with Crippen LogP contribution in [-0.2, 0) is 19.0 Å². The molecule has 0 saturated carbocycles. The molecule has 132 valence electrons. The summed E-state index contributed by atoms with van der Waals surface area (Å²) in [5.74, 6) is -0.941. The lowest BCUT2D eigenvalue weighted by atomic mass is 10.00. The van der Waals surface area contributed by atoms with E-state index in [0.29, 0.717) is 13.0 Å². The van der Waals surface area contributed by atoms with Gasteiger partial charge in [-0.05, 0) is 51.3 Å². The Morgan fingerprint density at radius 1 is 1.29 bits per heavy atom. The van der Waals surface area contributed by atoms with Crippen LogP contribution in [0.15, 0.2) is 24.3 Å². The van der Waals surface area contributed by atoms with Crippen molar-refractivity contribution in [3.8, 4) is 0 Å². The summed E-state index contributed by atoms with van der Waals surface area (Å²) in [5.41, 5.74) is 3.69.